The minimum Gasteiger partial charge on any atom is -0.478 e. The van der Waals surface area contributed by atoms with E-state index in [9.17, 15) is 9.18 Å². The van der Waals surface area contributed by atoms with E-state index in [-0.39, 0.29) is 17.3 Å². The molecule has 20 heavy (non-hydrogen) atoms. The van der Waals surface area contributed by atoms with Crippen molar-refractivity contribution in [1.29, 1.82) is 0 Å². The molecule has 2 nitrogen and oxygen atoms in total. The van der Waals surface area contributed by atoms with Crippen LogP contribution in [0.5, 0.6) is 0 Å². The lowest BCUT2D eigenvalue weighted by atomic mass is 9.89. The van der Waals surface area contributed by atoms with E-state index in [0.29, 0.717) is 0 Å². The zero-order valence-electron chi connectivity index (χ0n) is 11.1. The molecule has 1 N–H and O–H groups in total. The van der Waals surface area contributed by atoms with Crippen molar-refractivity contribution in [2.75, 3.05) is 0 Å². The van der Waals surface area contributed by atoms with Gasteiger partial charge in [0.25, 0.3) is 0 Å². The van der Waals surface area contributed by atoms with Crippen LogP contribution in [0.4, 0.5) is 4.39 Å². The minimum atomic E-state index is -0.951. The first-order valence-electron chi connectivity index (χ1n) is 6.30. The average molecular weight is 270 g/mol. The highest BCUT2D eigenvalue weighted by Crippen LogP contribution is 2.27. The van der Waals surface area contributed by atoms with Gasteiger partial charge in [-0.1, -0.05) is 48.5 Å². The molecule has 0 aliphatic rings. The fourth-order valence-electron chi connectivity index (χ4n) is 2.04. The Kier molecular flexibility index (Phi) is 4.31. The second-order valence-corrected chi connectivity index (χ2v) is 4.59. The Labute approximate surface area is 117 Å². The van der Waals surface area contributed by atoms with Crippen LogP contribution in [0.3, 0.4) is 0 Å². The van der Waals surface area contributed by atoms with Crippen molar-refractivity contribution in [3.05, 3.63) is 83.2 Å². The highest BCUT2D eigenvalue weighted by molar-refractivity contribution is 5.86. The lowest BCUT2D eigenvalue weighted by Crippen LogP contribution is -2.03. The summed E-state index contributed by atoms with van der Waals surface area (Å²) in [6.45, 7) is 1.56. The van der Waals surface area contributed by atoms with E-state index in [1.807, 2.05) is 30.3 Å². The first kappa shape index (κ1) is 14.0. The van der Waals surface area contributed by atoms with Crippen LogP contribution in [0.2, 0.25) is 0 Å². The monoisotopic (exact) mass is 270 g/mol. The normalized spacial score (nSPS) is 13.0. The smallest absolute Gasteiger partial charge is 0.330 e. The SMILES string of the molecule is C/C(=C\C(c1ccccc1)c1ccc(F)cc1)C(=O)O. The lowest BCUT2D eigenvalue weighted by Gasteiger charge is -2.15. The fraction of sp³-hybridized carbons (Fsp3) is 0.118. The Morgan fingerprint density at radius 2 is 1.60 bits per heavy atom. The predicted molar refractivity (Wildman–Crippen MR) is 76.1 cm³/mol. The van der Waals surface area contributed by atoms with Crippen molar-refractivity contribution in [3.8, 4) is 0 Å². The second-order valence-electron chi connectivity index (χ2n) is 4.59. The molecule has 0 aliphatic carbocycles. The summed E-state index contributed by atoms with van der Waals surface area (Å²) in [5.74, 6) is -1.46. The molecule has 0 fully saturated rings. The van der Waals surface area contributed by atoms with Gasteiger partial charge in [0.1, 0.15) is 5.82 Å². The third kappa shape index (κ3) is 3.32. The van der Waals surface area contributed by atoms with Crippen molar-refractivity contribution < 1.29 is 14.3 Å². The van der Waals surface area contributed by atoms with E-state index < -0.39 is 5.97 Å². The predicted octanol–water partition coefficient (Wildman–Crippen LogP) is 3.99. The Bertz CT molecular complexity index is 615. The molecule has 3 heteroatoms. The molecule has 2 aromatic rings. The Morgan fingerprint density at radius 3 is 2.15 bits per heavy atom. The van der Waals surface area contributed by atoms with Gasteiger partial charge in [0, 0.05) is 11.5 Å². The molecule has 102 valence electrons. The maximum atomic E-state index is 13.0. The van der Waals surface area contributed by atoms with Gasteiger partial charge in [0.2, 0.25) is 0 Å². The minimum absolute atomic E-state index is 0.201. The number of allylic oxidation sites excluding steroid dienone is 1. The van der Waals surface area contributed by atoms with E-state index in [4.69, 9.17) is 5.11 Å². The van der Waals surface area contributed by atoms with E-state index >= 15 is 0 Å². The summed E-state index contributed by atoms with van der Waals surface area (Å²) >= 11 is 0. The van der Waals surface area contributed by atoms with Gasteiger partial charge in [-0.2, -0.15) is 0 Å². The van der Waals surface area contributed by atoms with Gasteiger partial charge in [-0.3, -0.25) is 0 Å². The zero-order valence-corrected chi connectivity index (χ0v) is 11.1. The molecule has 0 radical (unpaired) electrons. The Hall–Kier alpha value is -2.42. The number of carboxylic acids is 1. The molecule has 0 saturated carbocycles. The Balaban J connectivity index is 2.47. The first-order chi connectivity index (χ1) is 9.58. The number of hydrogen-bond donors (Lipinski definition) is 1. The zero-order chi connectivity index (χ0) is 14.5. The molecule has 0 bridgehead atoms. The van der Waals surface area contributed by atoms with Gasteiger partial charge in [-0.15, -0.1) is 0 Å². The molecule has 0 spiro atoms. The molecule has 0 saturated heterocycles. The van der Waals surface area contributed by atoms with Crippen molar-refractivity contribution in [2.45, 2.75) is 12.8 Å². The molecule has 0 heterocycles. The third-order valence-corrected chi connectivity index (χ3v) is 3.14. The molecule has 0 aromatic heterocycles. The molecular weight excluding hydrogens is 255 g/mol. The molecule has 0 aliphatic heterocycles. The number of carbonyl (C=O) groups is 1. The van der Waals surface area contributed by atoms with Crippen LogP contribution in [-0.2, 0) is 4.79 Å². The van der Waals surface area contributed by atoms with Gasteiger partial charge in [-0.25, -0.2) is 9.18 Å². The van der Waals surface area contributed by atoms with Gasteiger partial charge in [0.15, 0.2) is 0 Å². The van der Waals surface area contributed by atoms with Crippen LogP contribution in [0.1, 0.15) is 24.0 Å². The lowest BCUT2D eigenvalue weighted by molar-refractivity contribution is -0.132. The largest absolute Gasteiger partial charge is 0.478 e. The summed E-state index contributed by atoms with van der Waals surface area (Å²) in [6.07, 6.45) is 1.69. The number of hydrogen-bond acceptors (Lipinski definition) is 1. The van der Waals surface area contributed by atoms with Crippen molar-refractivity contribution in [2.24, 2.45) is 0 Å². The molecule has 2 rings (SSSR count). The summed E-state index contributed by atoms with van der Waals surface area (Å²) in [6, 6.07) is 15.7. The fourth-order valence-corrected chi connectivity index (χ4v) is 2.04. The number of aliphatic carboxylic acids is 1. The Morgan fingerprint density at radius 1 is 1.05 bits per heavy atom. The number of halogens is 1. The van der Waals surface area contributed by atoms with Gasteiger partial charge < -0.3 is 5.11 Å². The number of rotatable bonds is 4. The maximum Gasteiger partial charge on any atom is 0.330 e. The molecule has 0 amide bonds. The molecular formula is C17H15FO2. The number of benzene rings is 2. The van der Waals surface area contributed by atoms with E-state index in [1.54, 1.807) is 25.1 Å². The van der Waals surface area contributed by atoms with Crippen LogP contribution in [0, 0.1) is 5.82 Å². The van der Waals surface area contributed by atoms with Crippen molar-refractivity contribution in [3.63, 3.8) is 0 Å². The van der Waals surface area contributed by atoms with Crippen LogP contribution in [0.25, 0.3) is 0 Å². The molecule has 2 aromatic carbocycles. The highest BCUT2D eigenvalue weighted by atomic mass is 19.1. The summed E-state index contributed by atoms with van der Waals surface area (Å²) in [5.41, 5.74) is 2.10. The molecule has 1 atom stereocenters. The standard InChI is InChI=1S/C17H15FO2/c1-12(17(19)20)11-16(13-5-3-2-4-6-13)14-7-9-15(18)10-8-14/h2-11,16H,1H3,(H,19,20)/b12-11+. The van der Waals surface area contributed by atoms with Gasteiger partial charge in [0.05, 0.1) is 0 Å². The molecule has 1 unspecified atom stereocenters. The van der Waals surface area contributed by atoms with Crippen LogP contribution in [0.15, 0.2) is 66.2 Å². The average Bonchev–Trinajstić information content (AvgIpc) is 2.46. The van der Waals surface area contributed by atoms with E-state index in [2.05, 4.69) is 0 Å². The quantitative estimate of drug-likeness (QED) is 0.853. The summed E-state index contributed by atoms with van der Waals surface area (Å²) in [7, 11) is 0. The third-order valence-electron chi connectivity index (χ3n) is 3.14. The van der Waals surface area contributed by atoms with Crippen molar-refractivity contribution >= 4 is 5.97 Å². The number of carboxylic acid groups (broad SMARTS) is 1. The van der Waals surface area contributed by atoms with Crippen molar-refractivity contribution in [1.82, 2.24) is 0 Å². The van der Waals surface area contributed by atoms with Crippen LogP contribution >= 0.6 is 0 Å². The topological polar surface area (TPSA) is 37.3 Å². The van der Waals surface area contributed by atoms with Crippen LogP contribution in [-0.4, -0.2) is 11.1 Å². The second kappa shape index (κ2) is 6.15. The first-order valence-corrected chi connectivity index (χ1v) is 6.30. The maximum absolute atomic E-state index is 13.0. The van der Waals surface area contributed by atoms with E-state index in [1.165, 1.54) is 12.1 Å². The summed E-state index contributed by atoms with van der Waals surface area (Å²) < 4.78 is 13.0. The van der Waals surface area contributed by atoms with Gasteiger partial charge >= 0.3 is 5.97 Å². The van der Waals surface area contributed by atoms with E-state index in [0.717, 1.165) is 11.1 Å². The highest BCUT2D eigenvalue weighted by Gasteiger charge is 2.13. The van der Waals surface area contributed by atoms with Gasteiger partial charge in [-0.05, 0) is 30.2 Å². The summed E-state index contributed by atoms with van der Waals surface area (Å²) in [4.78, 5) is 11.0. The summed E-state index contributed by atoms with van der Waals surface area (Å²) in [5, 5.41) is 9.04. The van der Waals surface area contributed by atoms with Crippen LogP contribution < -0.4 is 0 Å².